The van der Waals surface area contributed by atoms with Crippen LogP contribution in [0.1, 0.15) is 12.5 Å². The molecule has 0 radical (unpaired) electrons. The van der Waals surface area contributed by atoms with E-state index in [0.29, 0.717) is 5.56 Å². The molecule has 2 aliphatic heterocycles. The average molecular weight is 278 g/mol. The Hall–Kier alpha value is -2.86. The van der Waals surface area contributed by atoms with E-state index in [2.05, 4.69) is 10.6 Å². The quantitative estimate of drug-likeness (QED) is 0.762. The number of nitrogens with one attached hydrogen (secondary N) is 2. The maximum Gasteiger partial charge on any atom is 0.245 e. The van der Waals surface area contributed by atoms with E-state index in [-0.39, 0.29) is 0 Å². The number of amides is 2. The maximum absolute atomic E-state index is 12.4. The van der Waals surface area contributed by atoms with Gasteiger partial charge in [-0.1, -0.05) is 37.3 Å². The van der Waals surface area contributed by atoms with Gasteiger partial charge in [0.1, 0.15) is 5.66 Å². The molecule has 0 bridgehead atoms. The summed E-state index contributed by atoms with van der Waals surface area (Å²) in [6.07, 6.45) is 0. The molecule has 1 aliphatic carbocycles. The lowest BCUT2D eigenvalue weighted by molar-refractivity contribution is -0.128. The molecule has 1 aromatic rings. The number of nitriles is 2. The third kappa shape index (κ3) is 0.734. The minimum Gasteiger partial charge on any atom is -0.327 e. The van der Waals surface area contributed by atoms with E-state index in [0.717, 1.165) is 0 Å². The molecule has 2 amide bonds. The van der Waals surface area contributed by atoms with Crippen LogP contribution in [0.5, 0.6) is 0 Å². The van der Waals surface area contributed by atoms with Crippen LogP contribution in [0.2, 0.25) is 0 Å². The molecule has 1 saturated carbocycles. The minimum atomic E-state index is -1.62. The molecule has 3 aliphatic rings. The lowest BCUT2D eigenvalue weighted by Crippen LogP contribution is -2.54. The van der Waals surface area contributed by atoms with Crippen LogP contribution in [-0.4, -0.2) is 11.8 Å². The van der Waals surface area contributed by atoms with Gasteiger partial charge in [-0.2, -0.15) is 10.5 Å². The number of piperidine rings is 2. The van der Waals surface area contributed by atoms with Gasteiger partial charge in [0.05, 0.1) is 17.6 Å². The smallest absolute Gasteiger partial charge is 0.245 e. The van der Waals surface area contributed by atoms with Crippen molar-refractivity contribution in [2.24, 2.45) is 16.2 Å². The predicted molar refractivity (Wildman–Crippen MR) is 68.6 cm³/mol. The van der Waals surface area contributed by atoms with Gasteiger partial charge in [-0.05, 0) is 5.56 Å². The van der Waals surface area contributed by atoms with E-state index >= 15 is 0 Å². The fourth-order valence-corrected chi connectivity index (χ4v) is 4.50. The second-order valence-electron chi connectivity index (χ2n) is 5.87. The van der Waals surface area contributed by atoms with Gasteiger partial charge >= 0.3 is 0 Å². The first-order valence-electron chi connectivity index (χ1n) is 6.52. The number of carbonyl (C=O) groups excluding carboxylic acids is 2. The lowest BCUT2D eigenvalue weighted by Gasteiger charge is -2.33. The summed E-state index contributed by atoms with van der Waals surface area (Å²) in [4.78, 5) is 24.9. The van der Waals surface area contributed by atoms with Crippen molar-refractivity contribution in [3.8, 4) is 12.1 Å². The predicted octanol–water partition coefficient (Wildman–Crippen LogP) is 0.139. The highest BCUT2D eigenvalue weighted by Gasteiger charge is 3.06. The molecule has 2 saturated heterocycles. The normalized spacial score (nSPS) is 45.1. The first-order chi connectivity index (χ1) is 9.98. The van der Waals surface area contributed by atoms with Crippen molar-refractivity contribution >= 4 is 11.8 Å². The Balaban J connectivity index is 2.08. The van der Waals surface area contributed by atoms with E-state index in [1.165, 1.54) is 0 Å². The van der Waals surface area contributed by atoms with Crippen LogP contribution in [-0.2, 0) is 15.3 Å². The maximum atomic E-state index is 12.4. The number of carbonyl (C=O) groups is 2. The molecule has 0 aromatic heterocycles. The number of hydrogen-bond donors (Lipinski definition) is 2. The number of benzene rings is 1. The van der Waals surface area contributed by atoms with Crippen LogP contribution in [0.25, 0.3) is 0 Å². The highest BCUT2D eigenvalue weighted by molar-refractivity contribution is 6.13. The molecular formula is C15H10N4O2. The Bertz CT molecular complexity index is 761. The highest BCUT2D eigenvalue weighted by atomic mass is 16.2. The summed E-state index contributed by atoms with van der Waals surface area (Å²) in [5, 5.41) is 24.6. The number of fused-ring (bicyclic) bond motifs is 1. The van der Waals surface area contributed by atoms with E-state index < -0.39 is 33.7 Å². The van der Waals surface area contributed by atoms with E-state index in [1.54, 1.807) is 31.2 Å². The van der Waals surface area contributed by atoms with Gasteiger partial charge < -0.3 is 10.6 Å². The lowest BCUT2D eigenvalue weighted by atomic mass is 9.82. The molecule has 1 aromatic carbocycles. The molecular weight excluding hydrogens is 268 g/mol. The summed E-state index contributed by atoms with van der Waals surface area (Å²) in [6, 6.07) is 12.8. The van der Waals surface area contributed by atoms with Crippen LogP contribution in [0.4, 0.5) is 0 Å². The standard InChI is InChI=1S/C15H10N4O2/c1-12-13(7-16)10(20)18-15(12,9-5-3-2-4-6-9)19-11(21)14(12,13)8-17/h2-6H,1H3,(H,18,20)(H,19,21)/t12?,13-,14+,15?. The van der Waals surface area contributed by atoms with Crippen molar-refractivity contribution in [1.82, 2.24) is 10.6 Å². The zero-order valence-corrected chi connectivity index (χ0v) is 11.1. The van der Waals surface area contributed by atoms with E-state index in [1.807, 2.05) is 18.2 Å². The topological polar surface area (TPSA) is 106 Å². The first kappa shape index (κ1) is 11.9. The number of hydrogen-bond acceptors (Lipinski definition) is 4. The van der Waals surface area contributed by atoms with Crippen LogP contribution >= 0.6 is 0 Å². The Kier molecular flexibility index (Phi) is 1.66. The van der Waals surface area contributed by atoms with Gasteiger partial charge in [-0.25, -0.2) is 0 Å². The molecule has 6 heteroatoms. The van der Waals surface area contributed by atoms with Gasteiger partial charge in [0.25, 0.3) is 0 Å². The van der Waals surface area contributed by atoms with E-state index in [4.69, 9.17) is 0 Å². The highest BCUT2D eigenvalue weighted by Crippen LogP contribution is 2.88. The van der Waals surface area contributed by atoms with Gasteiger partial charge in [0.2, 0.25) is 11.8 Å². The second kappa shape index (κ2) is 2.91. The monoisotopic (exact) mass is 278 g/mol. The number of nitrogens with zero attached hydrogens (tertiary/aromatic N) is 2. The van der Waals surface area contributed by atoms with Gasteiger partial charge in [0.15, 0.2) is 10.8 Å². The van der Waals surface area contributed by atoms with Crippen LogP contribution in [0.15, 0.2) is 30.3 Å². The Morgan fingerprint density at radius 2 is 1.43 bits per heavy atom. The van der Waals surface area contributed by atoms with Crippen molar-refractivity contribution in [3.05, 3.63) is 35.9 Å². The molecule has 0 spiro atoms. The first-order valence-corrected chi connectivity index (χ1v) is 6.52. The zero-order valence-electron chi connectivity index (χ0n) is 11.1. The van der Waals surface area contributed by atoms with Gasteiger partial charge in [0, 0.05) is 0 Å². The largest absolute Gasteiger partial charge is 0.327 e. The SMILES string of the molecule is CC12C3(c4ccccc4)NC(=O)[C@]1(C#N)[C@]2(C#N)C(=O)N3. The van der Waals surface area contributed by atoms with Crippen LogP contribution in [0.3, 0.4) is 0 Å². The summed E-state index contributed by atoms with van der Waals surface area (Å²) in [5.41, 5.74) is -4.89. The van der Waals surface area contributed by atoms with Crippen molar-refractivity contribution < 1.29 is 9.59 Å². The fourth-order valence-electron chi connectivity index (χ4n) is 4.50. The molecule has 6 nitrogen and oxygen atoms in total. The Morgan fingerprint density at radius 1 is 0.952 bits per heavy atom. The van der Waals surface area contributed by atoms with Gasteiger partial charge in [-0.15, -0.1) is 0 Å². The molecule has 2 heterocycles. The van der Waals surface area contributed by atoms with Crippen molar-refractivity contribution in [3.63, 3.8) is 0 Å². The minimum absolute atomic E-state index is 0.559. The molecule has 2 N–H and O–H groups in total. The fraction of sp³-hybridized carbons (Fsp3) is 0.333. The van der Waals surface area contributed by atoms with Crippen LogP contribution in [0, 0.1) is 38.9 Å². The second-order valence-corrected chi connectivity index (χ2v) is 5.87. The zero-order chi connectivity index (χ0) is 15.1. The third-order valence-corrected chi connectivity index (χ3v) is 5.58. The molecule has 4 atom stereocenters. The molecule has 3 fully saturated rings. The average Bonchev–Trinajstić information content (AvgIpc) is 2.89. The summed E-state index contributed by atoms with van der Waals surface area (Å²) >= 11 is 0. The summed E-state index contributed by atoms with van der Waals surface area (Å²) in [5.74, 6) is -1.12. The molecule has 2 unspecified atom stereocenters. The summed E-state index contributed by atoms with van der Waals surface area (Å²) in [7, 11) is 0. The van der Waals surface area contributed by atoms with E-state index in [9.17, 15) is 20.1 Å². The Morgan fingerprint density at radius 3 is 1.86 bits per heavy atom. The van der Waals surface area contributed by atoms with Crippen molar-refractivity contribution in [2.45, 2.75) is 12.6 Å². The van der Waals surface area contributed by atoms with Crippen LogP contribution < -0.4 is 10.6 Å². The van der Waals surface area contributed by atoms with Crippen molar-refractivity contribution in [1.29, 1.82) is 10.5 Å². The van der Waals surface area contributed by atoms with Crippen molar-refractivity contribution in [2.75, 3.05) is 0 Å². The third-order valence-electron chi connectivity index (χ3n) is 5.58. The molecule has 4 rings (SSSR count). The number of rotatable bonds is 1. The Labute approximate surface area is 120 Å². The molecule has 21 heavy (non-hydrogen) atoms. The molecule has 102 valence electrons. The summed E-state index contributed by atoms with van der Waals surface area (Å²) in [6.45, 7) is 1.65. The van der Waals surface area contributed by atoms with Gasteiger partial charge in [-0.3, -0.25) is 9.59 Å². The summed E-state index contributed by atoms with van der Waals surface area (Å²) < 4.78 is 0.